The molecular formula is C7H9ClNPd. The van der Waals surface area contributed by atoms with Gasteiger partial charge in [-0.05, 0) is 5.56 Å². The van der Waals surface area contributed by atoms with Crippen molar-refractivity contribution in [2.45, 2.75) is 6.54 Å². The van der Waals surface area contributed by atoms with Gasteiger partial charge in [-0.15, -0.1) is 0 Å². The number of nitrogens with two attached hydrogens (primary N) is 1. The van der Waals surface area contributed by atoms with Crippen LogP contribution in [0.15, 0.2) is 30.3 Å². The Hall–Kier alpha value is 0.132. The monoisotopic (exact) mass is 248 g/mol. The third-order valence-electron chi connectivity index (χ3n) is 1.08. The molecular weight excluding hydrogens is 240 g/mol. The van der Waals surface area contributed by atoms with Gasteiger partial charge in [-0.3, -0.25) is 0 Å². The summed E-state index contributed by atoms with van der Waals surface area (Å²) < 4.78 is 0. The first-order chi connectivity index (χ1) is 4.93. The minimum atomic E-state index is 0.640. The maximum atomic E-state index is 5.35. The molecule has 10 heavy (non-hydrogen) atoms. The zero-order valence-corrected chi connectivity index (χ0v) is 7.68. The molecule has 1 aromatic rings. The molecule has 0 amide bonds. The third kappa shape index (κ3) is 4.03. The molecule has 3 heteroatoms. The van der Waals surface area contributed by atoms with Crippen molar-refractivity contribution in [1.82, 2.24) is 0 Å². The van der Waals surface area contributed by atoms with Gasteiger partial charge in [-0.1, -0.05) is 30.3 Å². The number of hydrogen-bond donors (Lipinski definition) is 1. The van der Waals surface area contributed by atoms with E-state index >= 15 is 0 Å². The van der Waals surface area contributed by atoms with Gasteiger partial charge in [0.05, 0.1) is 0 Å². The van der Waals surface area contributed by atoms with E-state index in [0.717, 1.165) is 0 Å². The van der Waals surface area contributed by atoms with E-state index in [0.29, 0.717) is 6.54 Å². The second-order valence-electron chi connectivity index (χ2n) is 1.69. The molecule has 1 aromatic carbocycles. The summed E-state index contributed by atoms with van der Waals surface area (Å²) in [5.74, 6) is 0. The molecule has 0 radical (unpaired) electrons. The molecule has 0 saturated heterocycles. The molecule has 2 N–H and O–H groups in total. The van der Waals surface area contributed by atoms with Crippen LogP contribution in [0.2, 0.25) is 0 Å². The van der Waals surface area contributed by atoms with Crippen LogP contribution in [0, 0.1) is 0 Å². The van der Waals surface area contributed by atoms with Crippen LogP contribution in [0.5, 0.6) is 0 Å². The summed E-state index contributed by atoms with van der Waals surface area (Å²) >= 11 is 2.22. The standard InChI is InChI=1S/C7H9N.ClH.Pd/c8-6-7-4-2-1-3-5-7;;/h1-5H,6,8H2;1H;/q;;+1/p-1. The molecule has 0 aliphatic rings. The Labute approximate surface area is 75.9 Å². The van der Waals surface area contributed by atoms with E-state index in [1.54, 1.807) is 0 Å². The Morgan fingerprint density at radius 3 is 2.00 bits per heavy atom. The van der Waals surface area contributed by atoms with Crippen molar-refractivity contribution in [3.8, 4) is 0 Å². The fourth-order valence-corrected chi connectivity index (χ4v) is 0.614. The predicted molar refractivity (Wildman–Crippen MR) is 40.2 cm³/mol. The number of benzene rings is 1. The summed E-state index contributed by atoms with van der Waals surface area (Å²) in [6, 6.07) is 9.99. The second-order valence-corrected chi connectivity index (χ2v) is 1.69. The van der Waals surface area contributed by atoms with Crippen LogP contribution in [-0.4, -0.2) is 0 Å². The van der Waals surface area contributed by atoms with E-state index in [-0.39, 0.29) is 0 Å². The Morgan fingerprint density at radius 2 is 1.70 bits per heavy atom. The molecule has 0 aromatic heterocycles. The topological polar surface area (TPSA) is 26.0 Å². The van der Waals surface area contributed by atoms with Crippen LogP contribution >= 0.6 is 9.53 Å². The summed E-state index contributed by atoms with van der Waals surface area (Å²) in [4.78, 5) is 0. The van der Waals surface area contributed by atoms with E-state index in [1.165, 1.54) is 5.56 Å². The molecule has 0 unspecified atom stereocenters. The zero-order valence-electron chi connectivity index (χ0n) is 5.37. The summed E-state index contributed by atoms with van der Waals surface area (Å²) in [5.41, 5.74) is 6.54. The predicted octanol–water partition coefficient (Wildman–Crippen LogP) is 1.83. The van der Waals surface area contributed by atoms with Gasteiger partial charge in [0.25, 0.3) is 0 Å². The summed E-state index contributed by atoms with van der Waals surface area (Å²) in [6.07, 6.45) is 0. The second kappa shape index (κ2) is 7.24. The van der Waals surface area contributed by atoms with Gasteiger partial charge >= 0.3 is 27.7 Å². The van der Waals surface area contributed by atoms with Gasteiger partial charge in [0, 0.05) is 6.54 Å². The van der Waals surface area contributed by atoms with Crippen LogP contribution < -0.4 is 5.73 Å². The van der Waals surface area contributed by atoms with Crippen LogP contribution in [-0.2, 0) is 24.7 Å². The van der Waals surface area contributed by atoms with Crippen molar-refractivity contribution in [1.29, 1.82) is 0 Å². The van der Waals surface area contributed by atoms with Gasteiger partial charge in [-0.25, -0.2) is 0 Å². The number of hydrogen-bond acceptors (Lipinski definition) is 1. The SMILES string of the molecule is NCc1ccccc1.[Cl][Pd]. The van der Waals surface area contributed by atoms with E-state index in [2.05, 4.69) is 27.7 Å². The van der Waals surface area contributed by atoms with Crippen molar-refractivity contribution >= 4 is 9.53 Å². The first kappa shape index (κ1) is 10.1. The van der Waals surface area contributed by atoms with Crippen LogP contribution in [0.4, 0.5) is 0 Å². The number of halogens is 1. The Bertz CT molecular complexity index is 155. The van der Waals surface area contributed by atoms with Crippen molar-refractivity contribution in [3.63, 3.8) is 0 Å². The van der Waals surface area contributed by atoms with Gasteiger partial charge < -0.3 is 5.73 Å². The average molecular weight is 249 g/mol. The molecule has 1 rings (SSSR count). The van der Waals surface area contributed by atoms with Crippen molar-refractivity contribution in [3.05, 3.63) is 35.9 Å². The molecule has 0 saturated carbocycles. The van der Waals surface area contributed by atoms with E-state index in [4.69, 9.17) is 5.73 Å². The van der Waals surface area contributed by atoms with Gasteiger partial charge in [0.1, 0.15) is 0 Å². The molecule has 59 valence electrons. The molecule has 1 nitrogen and oxygen atoms in total. The van der Waals surface area contributed by atoms with E-state index < -0.39 is 0 Å². The fraction of sp³-hybridized carbons (Fsp3) is 0.143. The van der Waals surface area contributed by atoms with Crippen LogP contribution in [0.25, 0.3) is 0 Å². The van der Waals surface area contributed by atoms with E-state index in [1.807, 2.05) is 30.3 Å². The van der Waals surface area contributed by atoms with Crippen molar-refractivity contribution in [2.24, 2.45) is 5.73 Å². The summed E-state index contributed by atoms with van der Waals surface area (Å²) in [7, 11) is 4.49. The first-order valence-electron chi connectivity index (χ1n) is 2.79. The quantitative estimate of drug-likeness (QED) is 0.755. The molecule has 0 aliphatic heterocycles. The van der Waals surface area contributed by atoms with Gasteiger partial charge in [0.15, 0.2) is 0 Å². The Morgan fingerprint density at radius 1 is 1.20 bits per heavy atom. The molecule has 0 aliphatic carbocycles. The Balaban J connectivity index is 0.000000371. The van der Waals surface area contributed by atoms with Crippen molar-refractivity contribution in [2.75, 3.05) is 0 Å². The fourth-order valence-electron chi connectivity index (χ4n) is 0.614. The third-order valence-corrected chi connectivity index (χ3v) is 1.08. The number of rotatable bonds is 1. The summed E-state index contributed by atoms with van der Waals surface area (Å²) in [5, 5.41) is 0. The average Bonchev–Trinajstić information content (AvgIpc) is 2.10. The van der Waals surface area contributed by atoms with E-state index in [9.17, 15) is 0 Å². The van der Waals surface area contributed by atoms with Crippen molar-refractivity contribution < 1.29 is 18.2 Å². The van der Waals surface area contributed by atoms with Gasteiger partial charge in [0.2, 0.25) is 0 Å². The minimum absolute atomic E-state index is 0.640. The molecule has 0 fully saturated rings. The van der Waals surface area contributed by atoms with Gasteiger partial charge in [-0.2, -0.15) is 0 Å². The zero-order chi connectivity index (χ0) is 7.82. The van der Waals surface area contributed by atoms with Crippen LogP contribution in [0.3, 0.4) is 0 Å². The summed E-state index contributed by atoms with van der Waals surface area (Å²) in [6.45, 7) is 0.640. The first-order valence-corrected chi connectivity index (χ1v) is 4.79. The molecule has 0 heterocycles. The molecule has 0 atom stereocenters. The Kier molecular flexibility index (Phi) is 7.34. The van der Waals surface area contributed by atoms with Crippen LogP contribution in [0.1, 0.15) is 5.56 Å². The normalized spacial score (nSPS) is 8.00. The molecule has 0 spiro atoms. The maximum absolute atomic E-state index is 5.35. The molecule has 0 bridgehead atoms.